The molecule has 0 saturated heterocycles. The van der Waals surface area contributed by atoms with Crippen molar-refractivity contribution in [3.8, 4) is 0 Å². The standard InChI is InChI=1S/C12H12ClNO2/c1-3-14-12(15)11-7(2)9-6-8(13)4-5-10(9)16-11/h4-6H,3H2,1-2H3,(H,14,15). The average Bonchev–Trinajstić information content (AvgIpc) is 2.57. The van der Waals surface area contributed by atoms with Gasteiger partial charge in [-0.25, -0.2) is 0 Å². The van der Waals surface area contributed by atoms with E-state index < -0.39 is 0 Å². The van der Waals surface area contributed by atoms with Crippen molar-refractivity contribution in [1.82, 2.24) is 5.32 Å². The first-order valence-electron chi connectivity index (χ1n) is 5.10. The first-order chi connectivity index (χ1) is 7.63. The van der Waals surface area contributed by atoms with E-state index in [1.807, 2.05) is 13.8 Å². The molecule has 2 rings (SSSR count). The molecule has 1 aromatic heterocycles. The van der Waals surface area contributed by atoms with Crippen molar-refractivity contribution >= 4 is 28.5 Å². The highest BCUT2D eigenvalue weighted by Crippen LogP contribution is 2.27. The number of furan rings is 1. The SMILES string of the molecule is CCNC(=O)c1oc2ccc(Cl)cc2c1C. The van der Waals surface area contributed by atoms with Gasteiger partial charge in [0.25, 0.3) is 5.91 Å². The molecule has 3 nitrogen and oxygen atoms in total. The van der Waals surface area contributed by atoms with Crippen molar-refractivity contribution in [2.75, 3.05) is 6.54 Å². The van der Waals surface area contributed by atoms with Crippen LogP contribution in [0.2, 0.25) is 5.02 Å². The molecule has 0 saturated carbocycles. The molecule has 0 bridgehead atoms. The number of amides is 1. The van der Waals surface area contributed by atoms with E-state index in [4.69, 9.17) is 16.0 Å². The molecule has 1 heterocycles. The van der Waals surface area contributed by atoms with Crippen LogP contribution in [0.15, 0.2) is 22.6 Å². The fourth-order valence-electron chi connectivity index (χ4n) is 1.65. The Morgan fingerprint density at radius 1 is 1.50 bits per heavy atom. The van der Waals surface area contributed by atoms with Crippen molar-refractivity contribution in [2.45, 2.75) is 13.8 Å². The normalized spacial score (nSPS) is 10.7. The van der Waals surface area contributed by atoms with Gasteiger partial charge in [0.05, 0.1) is 0 Å². The third kappa shape index (κ3) is 1.78. The summed E-state index contributed by atoms with van der Waals surface area (Å²) >= 11 is 5.90. The molecule has 1 aromatic carbocycles. The van der Waals surface area contributed by atoms with Crippen LogP contribution in [0.1, 0.15) is 23.0 Å². The summed E-state index contributed by atoms with van der Waals surface area (Å²) in [6.45, 7) is 4.30. The number of rotatable bonds is 2. The van der Waals surface area contributed by atoms with Crippen LogP contribution in [0.3, 0.4) is 0 Å². The topological polar surface area (TPSA) is 42.2 Å². The molecule has 0 aliphatic rings. The van der Waals surface area contributed by atoms with E-state index in [0.717, 1.165) is 10.9 Å². The number of fused-ring (bicyclic) bond motifs is 1. The van der Waals surface area contributed by atoms with E-state index in [0.29, 0.717) is 22.9 Å². The van der Waals surface area contributed by atoms with Crippen LogP contribution in [-0.2, 0) is 0 Å². The number of hydrogen-bond donors (Lipinski definition) is 1. The summed E-state index contributed by atoms with van der Waals surface area (Å²) in [7, 11) is 0. The van der Waals surface area contributed by atoms with Gasteiger partial charge >= 0.3 is 0 Å². The molecular formula is C12H12ClNO2. The van der Waals surface area contributed by atoms with E-state index in [2.05, 4.69) is 5.32 Å². The Bertz CT molecular complexity index is 545. The zero-order chi connectivity index (χ0) is 11.7. The minimum Gasteiger partial charge on any atom is -0.451 e. The molecule has 0 radical (unpaired) electrons. The molecule has 0 atom stereocenters. The fraction of sp³-hybridized carbons (Fsp3) is 0.250. The lowest BCUT2D eigenvalue weighted by atomic mass is 10.1. The molecule has 4 heteroatoms. The minimum atomic E-state index is -0.188. The molecule has 0 aliphatic heterocycles. The Morgan fingerprint density at radius 2 is 2.25 bits per heavy atom. The molecule has 0 aliphatic carbocycles. The lowest BCUT2D eigenvalue weighted by Gasteiger charge is -1.98. The molecule has 2 aromatic rings. The van der Waals surface area contributed by atoms with Crippen molar-refractivity contribution in [3.05, 3.63) is 34.5 Å². The smallest absolute Gasteiger partial charge is 0.287 e. The Labute approximate surface area is 98.4 Å². The predicted molar refractivity (Wildman–Crippen MR) is 64.0 cm³/mol. The summed E-state index contributed by atoms with van der Waals surface area (Å²) in [5, 5.41) is 4.23. The van der Waals surface area contributed by atoms with Gasteiger partial charge in [-0.3, -0.25) is 4.79 Å². The van der Waals surface area contributed by atoms with Crippen LogP contribution in [-0.4, -0.2) is 12.5 Å². The number of nitrogens with one attached hydrogen (secondary N) is 1. The van der Waals surface area contributed by atoms with Gasteiger partial charge in [-0.15, -0.1) is 0 Å². The van der Waals surface area contributed by atoms with Crippen LogP contribution < -0.4 is 5.32 Å². The van der Waals surface area contributed by atoms with Crippen LogP contribution in [0.25, 0.3) is 11.0 Å². The second-order valence-corrected chi connectivity index (χ2v) is 3.99. The number of halogens is 1. The molecule has 84 valence electrons. The number of carbonyl (C=O) groups is 1. The first kappa shape index (κ1) is 11.0. The Balaban J connectivity index is 2.56. The second-order valence-electron chi connectivity index (χ2n) is 3.56. The first-order valence-corrected chi connectivity index (χ1v) is 5.48. The van der Waals surface area contributed by atoms with Crippen LogP contribution in [0.4, 0.5) is 0 Å². The summed E-state index contributed by atoms with van der Waals surface area (Å²) in [6, 6.07) is 5.32. The van der Waals surface area contributed by atoms with Gasteiger partial charge in [0.15, 0.2) is 5.76 Å². The van der Waals surface area contributed by atoms with Crippen LogP contribution >= 0.6 is 11.6 Å². The van der Waals surface area contributed by atoms with Gasteiger partial charge in [-0.2, -0.15) is 0 Å². The molecule has 1 N–H and O–H groups in total. The van der Waals surface area contributed by atoms with Crippen molar-refractivity contribution in [2.24, 2.45) is 0 Å². The molecule has 0 spiro atoms. The molecule has 16 heavy (non-hydrogen) atoms. The van der Waals surface area contributed by atoms with E-state index in [1.54, 1.807) is 18.2 Å². The lowest BCUT2D eigenvalue weighted by molar-refractivity contribution is 0.0929. The number of hydrogen-bond acceptors (Lipinski definition) is 2. The number of carbonyl (C=O) groups excluding carboxylic acids is 1. The number of benzene rings is 1. The van der Waals surface area contributed by atoms with Gasteiger partial charge in [0.1, 0.15) is 5.58 Å². The highest BCUT2D eigenvalue weighted by molar-refractivity contribution is 6.31. The molecule has 1 amide bonds. The maximum atomic E-state index is 11.7. The zero-order valence-electron chi connectivity index (χ0n) is 9.13. The van der Waals surface area contributed by atoms with Crippen molar-refractivity contribution in [3.63, 3.8) is 0 Å². The maximum Gasteiger partial charge on any atom is 0.287 e. The predicted octanol–water partition coefficient (Wildman–Crippen LogP) is 3.14. The fourth-order valence-corrected chi connectivity index (χ4v) is 1.82. The minimum absolute atomic E-state index is 0.188. The summed E-state index contributed by atoms with van der Waals surface area (Å²) < 4.78 is 5.50. The summed E-state index contributed by atoms with van der Waals surface area (Å²) in [5.74, 6) is 0.173. The zero-order valence-corrected chi connectivity index (χ0v) is 9.89. The van der Waals surface area contributed by atoms with Gasteiger partial charge in [-0.05, 0) is 32.0 Å². The Kier molecular flexibility index (Phi) is 2.88. The maximum absolute atomic E-state index is 11.7. The number of aryl methyl sites for hydroxylation is 1. The highest BCUT2D eigenvalue weighted by atomic mass is 35.5. The Hall–Kier alpha value is -1.48. The molecular weight excluding hydrogens is 226 g/mol. The highest BCUT2D eigenvalue weighted by Gasteiger charge is 2.16. The van der Waals surface area contributed by atoms with Crippen molar-refractivity contribution < 1.29 is 9.21 Å². The summed E-state index contributed by atoms with van der Waals surface area (Å²) in [6.07, 6.45) is 0. The molecule has 0 fully saturated rings. The third-order valence-electron chi connectivity index (χ3n) is 2.44. The van der Waals surface area contributed by atoms with E-state index in [-0.39, 0.29) is 5.91 Å². The largest absolute Gasteiger partial charge is 0.451 e. The van der Waals surface area contributed by atoms with E-state index in [1.165, 1.54) is 0 Å². The second kappa shape index (κ2) is 4.18. The van der Waals surface area contributed by atoms with Gasteiger partial charge in [-0.1, -0.05) is 11.6 Å². The van der Waals surface area contributed by atoms with Crippen molar-refractivity contribution in [1.29, 1.82) is 0 Å². The van der Waals surface area contributed by atoms with Crippen LogP contribution in [0, 0.1) is 6.92 Å². The molecule has 0 unspecified atom stereocenters. The Morgan fingerprint density at radius 3 is 2.94 bits per heavy atom. The quantitative estimate of drug-likeness (QED) is 0.872. The van der Waals surface area contributed by atoms with Gasteiger partial charge in [0.2, 0.25) is 0 Å². The summed E-state index contributed by atoms with van der Waals surface area (Å²) in [5.41, 5.74) is 1.51. The average molecular weight is 238 g/mol. The summed E-state index contributed by atoms with van der Waals surface area (Å²) in [4.78, 5) is 11.7. The van der Waals surface area contributed by atoms with E-state index >= 15 is 0 Å². The monoisotopic (exact) mass is 237 g/mol. The van der Waals surface area contributed by atoms with Gasteiger partial charge in [0, 0.05) is 22.5 Å². The van der Waals surface area contributed by atoms with Gasteiger partial charge < -0.3 is 9.73 Å². The van der Waals surface area contributed by atoms with Crippen LogP contribution in [0.5, 0.6) is 0 Å². The van der Waals surface area contributed by atoms with E-state index in [9.17, 15) is 4.79 Å². The lowest BCUT2D eigenvalue weighted by Crippen LogP contribution is -2.22. The third-order valence-corrected chi connectivity index (χ3v) is 2.68.